The first-order valence-electron chi connectivity index (χ1n) is 9.44. The van der Waals surface area contributed by atoms with Crippen LogP contribution in [0.5, 0.6) is 0 Å². The van der Waals surface area contributed by atoms with Crippen LogP contribution in [0.3, 0.4) is 0 Å². The average Bonchev–Trinajstić information content (AvgIpc) is 3.35. The van der Waals surface area contributed by atoms with E-state index in [-0.39, 0.29) is 11.3 Å². The number of rotatable bonds is 5. The van der Waals surface area contributed by atoms with Crippen molar-refractivity contribution in [3.05, 3.63) is 64.6 Å². The van der Waals surface area contributed by atoms with E-state index in [1.807, 2.05) is 0 Å². The van der Waals surface area contributed by atoms with Gasteiger partial charge in [-0.25, -0.2) is 0 Å². The molecule has 7 nitrogen and oxygen atoms in total. The maximum absolute atomic E-state index is 12.8. The molecule has 0 radical (unpaired) electrons. The van der Waals surface area contributed by atoms with Crippen molar-refractivity contribution in [1.82, 2.24) is 9.80 Å². The smallest absolute Gasteiger partial charge is 0.295 e. The van der Waals surface area contributed by atoms with Gasteiger partial charge in [-0.1, -0.05) is 11.6 Å². The molecular formula is C21H21ClN2O5. The fourth-order valence-corrected chi connectivity index (χ4v) is 3.82. The lowest BCUT2D eigenvalue weighted by Crippen LogP contribution is -2.42. The van der Waals surface area contributed by atoms with Gasteiger partial charge in [0.15, 0.2) is 0 Å². The van der Waals surface area contributed by atoms with Crippen molar-refractivity contribution in [3.8, 4) is 0 Å². The Hall–Kier alpha value is -2.61. The zero-order chi connectivity index (χ0) is 20.4. The Bertz CT molecular complexity index is 917. The summed E-state index contributed by atoms with van der Waals surface area (Å²) >= 11 is 5.92. The number of nitrogens with zero attached hydrogens (tertiary/aromatic N) is 2. The molecule has 2 fully saturated rings. The Balaban J connectivity index is 1.68. The molecule has 1 amide bonds. The monoisotopic (exact) mass is 416 g/mol. The summed E-state index contributed by atoms with van der Waals surface area (Å²) in [6.07, 6.45) is 1.49. The molecule has 29 heavy (non-hydrogen) atoms. The van der Waals surface area contributed by atoms with Gasteiger partial charge in [-0.05, 0) is 36.4 Å². The van der Waals surface area contributed by atoms with Gasteiger partial charge >= 0.3 is 0 Å². The van der Waals surface area contributed by atoms with Crippen LogP contribution < -0.4 is 0 Å². The van der Waals surface area contributed by atoms with Crippen LogP contribution in [0.25, 0.3) is 5.76 Å². The summed E-state index contributed by atoms with van der Waals surface area (Å²) in [5.41, 5.74) is 0.436. The van der Waals surface area contributed by atoms with Gasteiger partial charge in [-0.3, -0.25) is 14.5 Å². The first kappa shape index (κ1) is 19.7. The first-order valence-corrected chi connectivity index (χ1v) is 9.82. The number of carbonyl (C=O) groups excluding carboxylic acids is 2. The Labute approximate surface area is 173 Å². The van der Waals surface area contributed by atoms with E-state index in [1.165, 1.54) is 11.2 Å². The summed E-state index contributed by atoms with van der Waals surface area (Å²) in [6.45, 7) is 3.80. The zero-order valence-electron chi connectivity index (χ0n) is 15.7. The zero-order valence-corrected chi connectivity index (χ0v) is 16.5. The molecule has 1 aromatic heterocycles. The Morgan fingerprint density at radius 1 is 1.10 bits per heavy atom. The number of Topliss-reactive ketones (excluding diaryl/α,β-unsaturated/α-hetero) is 1. The number of aliphatic hydroxyl groups is 1. The van der Waals surface area contributed by atoms with E-state index in [0.717, 1.165) is 13.1 Å². The number of furan rings is 1. The number of halogens is 1. The third-order valence-corrected chi connectivity index (χ3v) is 5.48. The first-order chi connectivity index (χ1) is 14.1. The van der Waals surface area contributed by atoms with Gasteiger partial charge in [0.05, 0.1) is 25.1 Å². The molecular weight excluding hydrogens is 396 g/mol. The minimum Gasteiger partial charge on any atom is -0.507 e. The molecule has 3 heterocycles. The van der Waals surface area contributed by atoms with Gasteiger partial charge in [-0.15, -0.1) is 0 Å². The summed E-state index contributed by atoms with van der Waals surface area (Å²) in [5.74, 6) is -1.17. The number of carbonyl (C=O) groups is 2. The standard InChI is InChI=1S/C21H21ClN2O5/c22-15-5-3-14(4-6-15)19(25)17-18(16-2-1-11-29-16)24(21(27)20(17)26)8-7-23-9-12-28-13-10-23/h1-6,11,18,25H,7-10,12-13H2/b19-17-. The van der Waals surface area contributed by atoms with Gasteiger partial charge in [0, 0.05) is 36.8 Å². The van der Waals surface area contributed by atoms with Crippen molar-refractivity contribution in [2.75, 3.05) is 39.4 Å². The molecule has 8 heteroatoms. The number of morpholine rings is 1. The highest BCUT2D eigenvalue weighted by atomic mass is 35.5. The van der Waals surface area contributed by atoms with Gasteiger partial charge in [-0.2, -0.15) is 0 Å². The van der Waals surface area contributed by atoms with Crippen molar-refractivity contribution in [1.29, 1.82) is 0 Å². The molecule has 152 valence electrons. The number of aliphatic hydroxyl groups excluding tert-OH is 1. The molecule has 2 aromatic rings. The predicted octanol–water partition coefficient (Wildman–Crippen LogP) is 2.69. The quantitative estimate of drug-likeness (QED) is 0.458. The van der Waals surface area contributed by atoms with Gasteiger partial charge in [0.25, 0.3) is 11.7 Å². The minimum absolute atomic E-state index is 0.0225. The topological polar surface area (TPSA) is 83.2 Å². The molecule has 4 rings (SSSR count). The van der Waals surface area contributed by atoms with Crippen molar-refractivity contribution in [2.24, 2.45) is 0 Å². The number of benzene rings is 1. The fraction of sp³-hybridized carbons (Fsp3) is 0.333. The maximum atomic E-state index is 12.8. The summed E-state index contributed by atoms with van der Waals surface area (Å²) in [6, 6.07) is 9.07. The Morgan fingerprint density at radius 2 is 1.83 bits per heavy atom. The SMILES string of the molecule is O=C1C(=O)N(CCN2CCOCC2)C(c2ccco2)/C1=C(/O)c1ccc(Cl)cc1. The van der Waals surface area contributed by atoms with E-state index < -0.39 is 17.7 Å². The van der Waals surface area contributed by atoms with Crippen LogP contribution in [0, 0.1) is 0 Å². The Morgan fingerprint density at radius 3 is 2.48 bits per heavy atom. The van der Waals surface area contributed by atoms with Crippen LogP contribution in [-0.2, 0) is 14.3 Å². The minimum atomic E-state index is -0.776. The molecule has 0 bridgehead atoms. The fourth-order valence-electron chi connectivity index (χ4n) is 3.69. The number of hydrogen-bond acceptors (Lipinski definition) is 6. The van der Waals surface area contributed by atoms with Crippen LogP contribution in [0.4, 0.5) is 0 Å². The predicted molar refractivity (Wildman–Crippen MR) is 106 cm³/mol. The molecule has 1 aromatic carbocycles. The van der Waals surface area contributed by atoms with Crippen LogP contribution in [0.15, 0.2) is 52.7 Å². The second-order valence-electron chi connectivity index (χ2n) is 6.97. The summed E-state index contributed by atoms with van der Waals surface area (Å²) in [5, 5.41) is 11.4. The molecule has 1 atom stereocenters. The van der Waals surface area contributed by atoms with Crippen LogP contribution in [0.2, 0.25) is 5.02 Å². The van der Waals surface area contributed by atoms with E-state index in [1.54, 1.807) is 36.4 Å². The molecule has 2 aliphatic rings. The average molecular weight is 417 g/mol. The highest BCUT2D eigenvalue weighted by Gasteiger charge is 2.47. The highest BCUT2D eigenvalue weighted by molar-refractivity contribution is 6.46. The largest absolute Gasteiger partial charge is 0.507 e. The molecule has 2 aliphatic heterocycles. The summed E-state index contributed by atoms with van der Waals surface area (Å²) < 4.78 is 10.9. The number of ether oxygens (including phenoxy) is 1. The molecule has 0 spiro atoms. The lowest BCUT2D eigenvalue weighted by Gasteiger charge is -2.30. The van der Waals surface area contributed by atoms with E-state index in [4.69, 9.17) is 20.8 Å². The van der Waals surface area contributed by atoms with Gasteiger partial charge in [0.1, 0.15) is 17.6 Å². The third-order valence-electron chi connectivity index (χ3n) is 5.23. The third kappa shape index (κ3) is 3.94. The van der Waals surface area contributed by atoms with E-state index in [0.29, 0.717) is 42.6 Å². The number of ketones is 1. The van der Waals surface area contributed by atoms with Crippen LogP contribution >= 0.6 is 11.6 Å². The number of likely N-dealkylation sites (tertiary alicyclic amines) is 1. The lowest BCUT2D eigenvalue weighted by atomic mass is 9.99. The van der Waals surface area contributed by atoms with Crippen LogP contribution in [0.1, 0.15) is 17.4 Å². The van der Waals surface area contributed by atoms with Gasteiger partial charge in [0.2, 0.25) is 0 Å². The number of hydrogen-bond donors (Lipinski definition) is 1. The van der Waals surface area contributed by atoms with E-state index in [9.17, 15) is 14.7 Å². The van der Waals surface area contributed by atoms with Gasteiger partial charge < -0.3 is 19.2 Å². The highest BCUT2D eigenvalue weighted by Crippen LogP contribution is 2.39. The Kier molecular flexibility index (Phi) is 5.71. The molecule has 1 unspecified atom stereocenters. The summed E-state index contributed by atoms with van der Waals surface area (Å²) in [4.78, 5) is 29.3. The second kappa shape index (κ2) is 8.41. The lowest BCUT2D eigenvalue weighted by molar-refractivity contribution is -0.140. The molecule has 2 saturated heterocycles. The van der Waals surface area contributed by atoms with Crippen LogP contribution in [-0.4, -0.2) is 66.0 Å². The van der Waals surface area contributed by atoms with Crippen molar-refractivity contribution >= 4 is 29.1 Å². The maximum Gasteiger partial charge on any atom is 0.295 e. The van der Waals surface area contributed by atoms with E-state index >= 15 is 0 Å². The normalized spacial score (nSPS) is 22.4. The molecule has 0 saturated carbocycles. The molecule has 0 aliphatic carbocycles. The summed E-state index contributed by atoms with van der Waals surface area (Å²) in [7, 11) is 0. The number of amides is 1. The van der Waals surface area contributed by atoms with Crippen molar-refractivity contribution < 1.29 is 23.8 Å². The van der Waals surface area contributed by atoms with Crippen molar-refractivity contribution in [3.63, 3.8) is 0 Å². The second-order valence-corrected chi connectivity index (χ2v) is 7.41. The van der Waals surface area contributed by atoms with Crippen molar-refractivity contribution in [2.45, 2.75) is 6.04 Å². The molecule has 1 N–H and O–H groups in total. The van der Waals surface area contributed by atoms with E-state index in [2.05, 4.69) is 4.90 Å².